The van der Waals surface area contributed by atoms with E-state index < -0.39 is 0 Å². The van der Waals surface area contributed by atoms with Gasteiger partial charge in [0.2, 0.25) is 5.95 Å². The largest absolute Gasteiger partial charge is 0.384 e. The Morgan fingerprint density at radius 2 is 2.36 bits per heavy atom. The molecule has 0 bridgehead atoms. The Morgan fingerprint density at radius 3 is 3.07 bits per heavy atom. The van der Waals surface area contributed by atoms with E-state index in [1.54, 1.807) is 12.3 Å². The summed E-state index contributed by atoms with van der Waals surface area (Å²) in [5.41, 5.74) is 5.63. The summed E-state index contributed by atoms with van der Waals surface area (Å²) in [6, 6.07) is 2.25. The molecular weight excluding hydrogens is 176 g/mol. The topological polar surface area (TPSA) is 55.0 Å². The molecule has 0 spiro atoms. The number of nitrogens with zero attached hydrogens (tertiary/aromatic N) is 3. The standard InChI is InChI=1S/C10H16N4/c1-8-4-2-3-7-14(8)10-12-6-5-9(11)13-10/h5-6,8H,2-4,7H2,1H3,(H2,11,12,13). The van der Waals surface area contributed by atoms with Crippen molar-refractivity contribution in [2.24, 2.45) is 0 Å². The van der Waals surface area contributed by atoms with Crippen molar-refractivity contribution in [3.05, 3.63) is 12.3 Å². The van der Waals surface area contributed by atoms with Crippen molar-refractivity contribution < 1.29 is 0 Å². The molecule has 4 heteroatoms. The van der Waals surface area contributed by atoms with E-state index in [4.69, 9.17) is 5.73 Å². The van der Waals surface area contributed by atoms with Crippen molar-refractivity contribution in [2.75, 3.05) is 17.2 Å². The molecule has 1 aliphatic heterocycles. The van der Waals surface area contributed by atoms with Crippen molar-refractivity contribution in [1.82, 2.24) is 9.97 Å². The summed E-state index contributed by atoms with van der Waals surface area (Å²) in [5.74, 6) is 1.32. The van der Waals surface area contributed by atoms with Crippen molar-refractivity contribution in [1.29, 1.82) is 0 Å². The van der Waals surface area contributed by atoms with Gasteiger partial charge >= 0.3 is 0 Å². The van der Waals surface area contributed by atoms with Gasteiger partial charge in [-0.15, -0.1) is 0 Å². The molecule has 2 rings (SSSR count). The molecule has 76 valence electrons. The Morgan fingerprint density at radius 1 is 1.50 bits per heavy atom. The normalized spacial score (nSPS) is 22.4. The average Bonchev–Trinajstić information content (AvgIpc) is 2.18. The zero-order valence-electron chi connectivity index (χ0n) is 8.48. The Hall–Kier alpha value is -1.32. The van der Waals surface area contributed by atoms with E-state index >= 15 is 0 Å². The molecule has 4 nitrogen and oxygen atoms in total. The zero-order valence-corrected chi connectivity index (χ0v) is 8.48. The molecule has 0 radical (unpaired) electrons. The van der Waals surface area contributed by atoms with Gasteiger partial charge in [0.05, 0.1) is 0 Å². The quantitative estimate of drug-likeness (QED) is 0.731. The fourth-order valence-electron chi connectivity index (χ4n) is 1.90. The molecule has 2 heterocycles. The number of aromatic nitrogens is 2. The highest BCUT2D eigenvalue weighted by molar-refractivity contribution is 5.38. The summed E-state index contributed by atoms with van der Waals surface area (Å²) >= 11 is 0. The SMILES string of the molecule is CC1CCCCN1c1nccc(N)n1. The van der Waals surface area contributed by atoms with E-state index in [2.05, 4.69) is 21.8 Å². The number of hydrogen-bond acceptors (Lipinski definition) is 4. The van der Waals surface area contributed by atoms with E-state index in [1.807, 2.05) is 0 Å². The minimum Gasteiger partial charge on any atom is -0.384 e. The Kier molecular flexibility index (Phi) is 2.52. The average molecular weight is 192 g/mol. The van der Waals surface area contributed by atoms with Crippen LogP contribution in [-0.4, -0.2) is 22.6 Å². The lowest BCUT2D eigenvalue weighted by Crippen LogP contribution is -2.38. The van der Waals surface area contributed by atoms with Crippen molar-refractivity contribution >= 4 is 11.8 Å². The van der Waals surface area contributed by atoms with Crippen LogP contribution in [0.2, 0.25) is 0 Å². The van der Waals surface area contributed by atoms with Gasteiger partial charge in [-0.05, 0) is 32.3 Å². The molecule has 14 heavy (non-hydrogen) atoms. The molecule has 1 aromatic heterocycles. The van der Waals surface area contributed by atoms with Gasteiger partial charge < -0.3 is 10.6 Å². The van der Waals surface area contributed by atoms with Crippen LogP contribution in [0.25, 0.3) is 0 Å². The number of anilines is 2. The smallest absolute Gasteiger partial charge is 0.227 e. The molecule has 0 saturated carbocycles. The van der Waals surface area contributed by atoms with E-state index in [0.717, 1.165) is 12.5 Å². The van der Waals surface area contributed by atoms with Gasteiger partial charge in [-0.25, -0.2) is 4.98 Å². The van der Waals surface area contributed by atoms with Gasteiger partial charge in [0.15, 0.2) is 0 Å². The Balaban J connectivity index is 2.20. The van der Waals surface area contributed by atoms with Crippen LogP contribution in [0, 0.1) is 0 Å². The molecule has 0 aromatic carbocycles. The molecule has 0 aliphatic carbocycles. The van der Waals surface area contributed by atoms with E-state index in [-0.39, 0.29) is 0 Å². The van der Waals surface area contributed by atoms with Crippen LogP contribution in [0.5, 0.6) is 0 Å². The second-order valence-electron chi connectivity index (χ2n) is 3.82. The summed E-state index contributed by atoms with van der Waals surface area (Å²) in [6.07, 6.45) is 5.47. The van der Waals surface area contributed by atoms with Crippen LogP contribution >= 0.6 is 0 Å². The maximum atomic E-state index is 5.63. The summed E-state index contributed by atoms with van der Waals surface area (Å²) < 4.78 is 0. The van der Waals surface area contributed by atoms with Gasteiger partial charge in [0, 0.05) is 18.8 Å². The minimum absolute atomic E-state index is 0.533. The fourth-order valence-corrected chi connectivity index (χ4v) is 1.90. The maximum Gasteiger partial charge on any atom is 0.227 e. The minimum atomic E-state index is 0.533. The summed E-state index contributed by atoms with van der Waals surface area (Å²) in [7, 11) is 0. The first-order valence-electron chi connectivity index (χ1n) is 5.12. The summed E-state index contributed by atoms with van der Waals surface area (Å²) in [4.78, 5) is 10.7. The Bertz CT molecular complexity index is 313. The first-order chi connectivity index (χ1) is 6.77. The molecule has 1 atom stereocenters. The number of rotatable bonds is 1. The highest BCUT2D eigenvalue weighted by Crippen LogP contribution is 2.21. The molecule has 1 aromatic rings. The molecule has 1 unspecified atom stereocenters. The monoisotopic (exact) mass is 192 g/mol. The van der Waals surface area contributed by atoms with Gasteiger partial charge in [-0.2, -0.15) is 4.98 Å². The molecule has 1 saturated heterocycles. The molecular formula is C10H16N4. The van der Waals surface area contributed by atoms with Crippen LogP contribution < -0.4 is 10.6 Å². The van der Waals surface area contributed by atoms with Crippen LogP contribution in [-0.2, 0) is 0 Å². The summed E-state index contributed by atoms with van der Waals surface area (Å²) in [6.45, 7) is 3.26. The second kappa shape index (κ2) is 3.82. The number of nitrogens with two attached hydrogens (primary N) is 1. The van der Waals surface area contributed by atoms with Crippen molar-refractivity contribution in [3.8, 4) is 0 Å². The predicted molar refractivity (Wildman–Crippen MR) is 57.1 cm³/mol. The highest BCUT2D eigenvalue weighted by Gasteiger charge is 2.20. The third-order valence-electron chi connectivity index (χ3n) is 2.72. The number of piperidine rings is 1. The van der Waals surface area contributed by atoms with Crippen LogP contribution in [0.1, 0.15) is 26.2 Å². The van der Waals surface area contributed by atoms with E-state index in [0.29, 0.717) is 11.9 Å². The summed E-state index contributed by atoms with van der Waals surface area (Å²) in [5, 5.41) is 0. The molecule has 0 amide bonds. The van der Waals surface area contributed by atoms with Crippen LogP contribution in [0.15, 0.2) is 12.3 Å². The second-order valence-corrected chi connectivity index (χ2v) is 3.82. The van der Waals surface area contributed by atoms with Crippen molar-refractivity contribution in [3.63, 3.8) is 0 Å². The number of hydrogen-bond donors (Lipinski definition) is 1. The lowest BCUT2D eigenvalue weighted by molar-refractivity contribution is 0.477. The molecule has 1 fully saturated rings. The van der Waals surface area contributed by atoms with E-state index in [9.17, 15) is 0 Å². The van der Waals surface area contributed by atoms with E-state index in [1.165, 1.54) is 19.3 Å². The maximum absolute atomic E-state index is 5.63. The lowest BCUT2D eigenvalue weighted by Gasteiger charge is -2.33. The highest BCUT2D eigenvalue weighted by atomic mass is 15.3. The first kappa shape index (κ1) is 9.24. The van der Waals surface area contributed by atoms with Crippen LogP contribution in [0.4, 0.5) is 11.8 Å². The molecule has 2 N–H and O–H groups in total. The third kappa shape index (κ3) is 1.78. The van der Waals surface area contributed by atoms with Gasteiger partial charge in [0.1, 0.15) is 5.82 Å². The zero-order chi connectivity index (χ0) is 9.97. The van der Waals surface area contributed by atoms with Crippen LogP contribution in [0.3, 0.4) is 0 Å². The Labute approximate surface area is 84.2 Å². The lowest BCUT2D eigenvalue weighted by atomic mass is 10.0. The molecule has 1 aliphatic rings. The predicted octanol–water partition coefficient (Wildman–Crippen LogP) is 1.44. The van der Waals surface area contributed by atoms with Crippen molar-refractivity contribution in [2.45, 2.75) is 32.2 Å². The van der Waals surface area contributed by atoms with Gasteiger partial charge in [-0.1, -0.05) is 0 Å². The first-order valence-corrected chi connectivity index (χ1v) is 5.12. The third-order valence-corrected chi connectivity index (χ3v) is 2.72. The van der Waals surface area contributed by atoms with Gasteiger partial charge in [-0.3, -0.25) is 0 Å². The fraction of sp³-hybridized carbons (Fsp3) is 0.600. The van der Waals surface area contributed by atoms with Gasteiger partial charge in [0.25, 0.3) is 0 Å². The number of nitrogen functional groups attached to an aromatic ring is 1.